The van der Waals surface area contributed by atoms with Gasteiger partial charge in [-0.2, -0.15) is 0 Å². The minimum Gasteiger partial charge on any atom is -0.457 e. The average molecular weight is 683 g/mol. The van der Waals surface area contributed by atoms with Gasteiger partial charge in [0, 0.05) is 22.3 Å². The fourth-order valence-corrected chi connectivity index (χ4v) is 12.3. The molecule has 7 aromatic carbocycles. The van der Waals surface area contributed by atoms with Gasteiger partial charge in [-0.25, -0.2) is 19.8 Å². The second kappa shape index (κ2) is 13.1. The molecule has 0 radical (unpaired) electrons. The number of para-hydroxylation sites is 2. The summed E-state index contributed by atoms with van der Waals surface area (Å²) in [5.41, 5.74) is 4.74. The second-order valence-corrected chi connectivity index (χ2v) is 16.4. The van der Waals surface area contributed by atoms with Crippen LogP contribution in [0, 0.1) is 6.57 Å². The van der Waals surface area contributed by atoms with Crippen LogP contribution in [0.25, 0.3) is 50.1 Å². The smallest absolute Gasteiger partial charge is 0.188 e. The SMILES string of the molecule is [C-]#[N+]c1cc(-c2nc(-c3ccccc3)nc(-c3ccccc3)n2)cc(-c2cccc3c2Oc2ccccc2[Si]3(c2ccccc2)c2ccccc2)c1. The number of benzene rings is 7. The van der Waals surface area contributed by atoms with Crippen LogP contribution >= 0.6 is 0 Å². The van der Waals surface area contributed by atoms with E-state index in [1.54, 1.807) is 0 Å². The van der Waals surface area contributed by atoms with E-state index in [2.05, 4.69) is 108 Å². The van der Waals surface area contributed by atoms with Crippen molar-refractivity contribution in [1.29, 1.82) is 0 Å². The summed E-state index contributed by atoms with van der Waals surface area (Å²) in [7, 11) is -2.85. The quantitative estimate of drug-likeness (QED) is 0.130. The molecule has 0 aliphatic carbocycles. The summed E-state index contributed by atoms with van der Waals surface area (Å²) in [6, 6.07) is 62.3. The Kier molecular flexibility index (Phi) is 7.81. The number of hydrogen-bond acceptors (Lipinski definition) is 4. The Morgan fingerprint density at radius 2 is 0.923 bits per heavy atom. The maximum atomic E-state index is 8.14. The van der Waals surface area contributed by atoms with Gasteiger partial charge in [-0.05, 0) is 50.6 Å². The van der Waals surface area contributed by atoms with Gasteiger partial charge >= 0.3 is 0 Å². The van der Waals surface area contributed by atoms with Gasteiger partial charge in [0.1, 0.15) is 11.5 Å². The van der Waals surface area contributed by atoms with Gasteiger partial charge in [0.2, 0.25) is 0 Å². The van der Waals surface area contributed by atoms with Crippen LogP contribution in [0.3, 0.4) is 0 Å². The fourth-order valence-electron chi connectivity index (χ4n) is 7.35. The molecule has 9 rings (SSSR count). The fraction of sp³-hybridized carbons (Fsp3) is 0. The van der Waals surface area contributed by atoms with E-state index in [4.69, 9.17) is 26.3 Å². The summed E-state index contributed by atoms with van der Waals surface area (Å²) >= 11 is 0. The maximum absolute atomic E-state index is 8.14. The van der Waals surface area contributed by atoms with E-state index >= 15 is 0 Å². The molecule has 1 aliphatic heterocycles. The summed E-state index contributed by atoms with van der Waals surface area (Å²) in [5, 5.41) is 4.92. The summed E-state index contributed by atoms with van der Waals surface area (Å²) in [6.45, 7) is 8.14. The van der Waals surface area contributed by atoms with E-state index in [9.17, 15) is 0 Å². The molecule has 1 aliphatic rings. The molecule has 0 saturated heterocycles. The molecule has 5 nitrogen and oxygen atoms in total. The van der Waals surface area contributed by atoms with Crippen molar-refractivity contribution in [1.82, 2.24) is 15.0 Å². The minimum atomic E-state index is -2.85. The summed E-state index contributed by atoms with van der Waals surface area (Å²) in [4.78, 5) is 18.8. The summed E-state index contributed by atoms with van der Waals surface area (Å²) in [6.07, 6.45) is 0. The Morgan fingerprint density at radius 3 is 1.50 bits per heavy atom. The van der Waals surface area contributed by atoms with Crippen molar-refractivity contribution in [3.8, 4) is 56.8 Å². The Balaban J connectivity index is 1.28. The monoisotopic (exact) mass is 682 g/mol. The van der Waals surface area contributed by atoms with Crippen LogP contribution in [-0.2, 0) is 0 Å². The minimum absolute atomic E-state index is 0.485. The molecule has 8 aromatic rings. The number of nitrogens with zero attached hydrogens (tertiary/aromatic N) is 4. The number of aromatic nitrogens is 3. The van der Waals surface area contributed by atoms with Crippen LogP contribution in [0.1, 0.15) is 0 Å². The van der Waals surface area contributed by atoms with Crippen molar-refractivity contribution in [2.45, 2.75) is 0 Å². The van der Waals surface area contributed by atoms with Crippen molar-refractivity contribution >= 4 is 34.5 Å². The largest absolute Gasteiger partial charge is 0.457 e. The predicted octanol–water partition coefficient (Wildman–Crippen LogP) is 8.57. The third-order valence-electron chi connectivity index (χ3n) is 9.65. The van der Waals surface area contributed by atoms with Gasteiger partial charge < -0.3 is 4.74 Å². The van der Waals surface area contributed by atoms with Crippen molar-refractivity contribution in [3.05, 3.63) is 193 Å². The first kappa shape index (κ1) is 31.1. The molecule has 0 N–H and O–H groups in total. The molecule has 0 amide bonds. The Bertz CT molecular complexity index is 2510. The Hall–Kier alpha value is -6.94. The second-order valence-electron chi connectivity index (χ2n) is 12.7. The molecular weight excluding hydrogens is 653 g/mol. The first-order valence-electron chi connectivity index (χ1n) is 17.1. The summed E-state index contributed by atoms with van der Waals surface area (Å²) in [5.74, 6) is 3.28. The number of rotatable bonds is 6. The van der Waals surface area contributed by atoms with Gasteiger partial charge in [-0.1, -0.05) is 158 Å². The van der Waals surface area contributed by atoms with E-state index in [0.717, 1.165) is 44.5 Å². The molecular formula is C46H30N4OSi. The number of fused-ring (bicyclic) bond motifs is 2. The molecule has 0 atom stereocenters. The van der Waals surface area contributed by atoms with Crippen LogP contribution < -0.4 is 25.5 Å². The Morgan fingerprint density at radius 1 is 0.442 bits per heavy atom. The molecule has 52 heavy (non-hydrogen) atoms. The molecule has 0 saturated carbocycles. The third-order valence-corrected chi connectivity index (χ3v) is 14.5. The molecule has 244 valence electrons. The standard InChI is InChI=1S/C46H30N4OSi/c1-47-36-30-34(29-35(31-36)46-49-44(32-17-6-2-7-18-32)48-45(50-46)33-19-8-3-9-20-33)39-25-16-28-42-43(39)51-40-26-14-15-27-41(40)52(42,37-21-10-4-11-22-37)38-23-12-5-13-24-38/h2-31H. The third kappa shape index (κ3) is 5.28. The van der Waals surface area contributed by atoms with Crippen LogP contribution in [0.15, 0.2) is 182 Å². The lowest BCUT2D eigenvalue weighted by molar-refractivity contribution is 0.489. The van der Waals surface area contributed by atoms with E-state index in [1.165, 1.54) is 15.6 Å². The van der Waals surface area contributed by atoms with Gasteiger partial charge in [0.25, 0.3) is 0 Å². The molecule has 2 heterocycles. The van der Waals surface area contributed by atoms with E-state index in [0.29, 0.717) is 23.2 Å². The van der Waals surface area contributed by atoms with Gasteiger partial charge in [-0.15, -0.1) is 0 Å². The zero-order chi connectivity index (χ0) is 34.9. The first-order chi connectivity index (χ1) is 25.7. The van der Waals surface area contributed by atoms with Crippen LogP contribution in [-0.4, -0.2) is 23.0 Å². The van der Waals surface area contributed by atoms with Crippen molar-refractivity contribution in [2.24, 2.45) is 0 Å². The Labute approximate surface area is 303 Å². The molecule has 0 spiro atoms. The van der Waals surface area contributed by atoms with Crippen LogP contribution in [0.4, 0.5) is 5.69 Å². The highest BCUT2D eigenvalue weighted by molar-refractivity contribution is 7.20. The number of ether oxygens (including phenoxy) is 1. The lowest BCUT2D eigenvalue weighted by Crippen LogP contribution is -2.76. The molecule has 0 bridgehead atoms. The zero-order valence-electron chi connectivity index (χ0n) is 28.0. The van der Waals surface area contributed by atoms with E-state index < -0.39 is 8.07 Å². The van der Waals surface area contributed by atoms with Gasteiger partial charge in [0.15, 0.2) is 31.2 Å². The highest BCUT2D eigenvalue weighted by Crippen LogP contribution is 2.40. The normalized spacial score (nSPS) is 12.5. The predicted molar refractivity (Wildman–Crippen MR) is 212 cm³/mol. The van der Waals surface area contributed by atoms with E-state index in [-0.39, 0.29) is 0 Å². The molecule has 0 unspecified atom stereocenters. The topological polar surface area (TPSA) is 52.3 Å². The lowest BCUT2D eigenvalue weighted by Gasteiger charge is -2.40. The molecule has 0 fully saturated rings. The number of hydrogen-bond donors (Lipinski definition) is 0. The van der Waals surface area contributed by atoms with Crippen LogP contribution in [0.2, 0.25) is 0 Å². The van der Waals surface area contributed by atoms with Crippen molar-refractivity contribution < 1.29 is 4.74 Å². The van der Waals surface area contributed by atoms with E-state index in [1.807, 2.05) is 78.9 Å². The van der Waals surface area contributed by atoms with Crippen molar-refractivity contribution in [2.75, 3.05) is 0 Å². The van der Waals surface area contributed by atoms with Crippen LogP contribution in [0.5, 0.6) is 11.5 Å². The highest BCUT2D eigenvalue weighted by Gasteiger charge is 2.48. The van der Waals surface area contributed by atoms with Crippen molar-refractivity contribution in [3.63, 3.8) is 0 Å². The zero-order valence-corrected chi connectivity index (χ0v) is 29.0. The lowest BCUT2D eigenvalue weighted by atomic mass is 10.0. The highest BCUT2D eigenvalue weighted by atomic mass is 28.3. The summed E-state index contributed by atoms with van der Waals surface area (Å²) < 4.78 is 6.95. The van der Waals surface area contributed by atoms with Gasteiger partial charge in [0.05, 0.1) is 6.57 Å². The molecule has 6 heteroatoms. The molecule has 1 aromatic heterocycles. The first-order valence-corrected chi connectivity index (χ1v) is 19.1. The maximum Gasteiger partial charge on any atom is 0.188 e. The van der Waals surface area contributed by atoms with Gasteiger partial charge in [-0.3, -0.25) is 0 Å². The average Bonchev–Trinajstić information content (AvgIpc) is 3.23.